The second kappa shape index (κ2) is 10.1. The summed E-state index contributed by atoms with van der Waals surface area (Å²) in [6.45, 7) is 0. The maximum absolute atomic E-state index is 13.2. The summed E-state index contributed by atoms with van der Waals surface area (Å²) in [5.74, 6) is -3.84. The maximum Gasteiger partial charge on any atom is 0.337 e. The van der Waals surface area contributed by atoms with Crippen molar-refractivity contribution in [1.29, 1.82) is 0 Å². The molecule has 1 aliphatic rings. The zero-order valence-electron chi connectivity index (χ0n) is 19.2. The number of aromatic nitrogens is 2. The van der Waals surface area contributed by atoms with Gasteiger partial charge >= 0.3 is 11.9 Å². The van der Waals surface area contributed by atoms with Crippen LogP contribution in [-0.2, 0) is 19.1 Å². The second-order valence-corrected chi connectivity index (χ2v) is 7.74. The van der Waals surface area contributed by atoms with Gasteiger partial charge in [0.15, 0.2) is 0 Å². The van der Waals surface area contributed by atoms with Gasteiger partial charge in [0.25, 0.3) is 5.56 Å². The van der Waals surface area contributed by atoms with Crippen LogP contribution in [0.15, 0.2) is 53.3 Å². The van der Waals surface area contributed by atoms with E-state index in [0.29, 0.717) is 5.69 Å². The summed E-state index contributed by atoms with van der Waals surface area (Å²) in [6.07, 6.45) is -0.310. The Labute approximate surface area is 204 Å². The number of hydrogen-bond donors (Lipinski definition) is 4. The van der Waals surface area contributed by atoms with E-state index in [2.05, 4.69) is 25.9 Å². The Morgan fingerprint density at radius 2 is 1.58 bits per heavy atom. The number of benzene rings is 2. The van der Waals surface area contributed by atoms with Crippen molar-refractivity contribution in [3.8, 4) is 0 Å². The van der Waals surface area contributed by atoms with E-state index in [-0.39, 0.29) is 40.6 Å². The number of aromatic amines is 1. The van der Waals surface area contributed by atoms with E-state index in [1.165, 1.54) is 32.4 Å². The van der Waals surface area contributed by atoms with Gasteiger partial charge in [-0.25, -0.2) is 9.59 Å². The molecule has 36 heavy (non-hydrogen) atoms. The molecule has 2 aromatic carbocycles. The van der Waals surface area contributed by atoms with Crippen molar-refractivity contribution in [3.63, 3.8) is 0 Å². The van der Waals surface area contributed by atoms with Gasteiger partial charge in [0.2, 0.25) is 17.8 Å². The van der Waals surface area contributed by atoms with Gasteiger partial charge in [-0.2, -0.15) is 4.98 Å². The summed E-state index contributed by atoms with van der Waals surface area (Å²) in [4.78, 5) is 69.4. The molecule has 1 aliphatic heterocycles. The monoisotopic (exact) mass is 491 g/mol. The number of H-pyrrole nitrogens is 1. The van der Waals surface area contributed by atoms with E-state index in [1.807, 2.05) is 6.07 Å². The van der Waals surface area contributed by atoms with Gasteiger partial charge < -0.3 is 25.4 Å². The van der Waals surface area contributed by atoms with Gasteiger partial charge in [-0.05, 0) is 30.3 Å². The fourth-order valence-electron chi connectivity index (χ4n) is 3.71. The first-order valence-corrected chi connectivity index (χ1v) is 10.7. The van der Waals surface area contributed by atoms with Crippen molar-refractivity contribution in [2.75, 3.05) is 30.2 Å². The van der Waals surface area contributed by atoms with Crippen LogP contribution < -0.4 is 21.5 Å². The zero-order valence-corrected chi connectivity index (χ0v) is 19.2. The van der Waals surface area contributed by atoms with Gasteiger partial charge in [0, 0.05) is 17.8 Å². The summed E-state index contributed by atoms with van der Waals surface area (Å²) in [5, 5.41) is 8.02. The molecule has 0 unspecified atom stereocenters. The van der Waals surface area contributed by atoms with E-state index in [4.69, 9.17) is 9.47 Å². The molecule has 0 radical (unpaired) electrons. The van der Waals surface area contributed by atoms with Crippen LogP contribution >= 0.6 is 0 Å². The van der Waals surface area contributed by atoms with Crippen LogP contribution in [0.2, 0.25) is 0 Å². The third-order valence-electron chi connectivity index (χ3n) is 5.35. The summed E-state index contributed by atoms with van der Waals surface area (Å²) in [6, 6.07) is 12.8. The quantitative estimate of drug-likeness (QED) is 0.378. The normalized spacial score (nSPS) is 14.2. The van der Waals surface area contributed by atoms with Crippen molar-refractivity contribution < 1.29 is 28.7 Å². The number of methoxy groups -OCH3 is 2. The van der Waals surface area contributed by atoms with Gasteiger partial charge in [-0.3, -0.25) is 19.4 Å². The van der Waals surface area contributed by atoms with Gasteiger partial charge in [0.1, 0.15) is 5.82 Å². The molecule has 4 rings (SSSR count). The van der Waals surface area contributed by atoms with E-state index in [0.717, 1.165) is 0 Å². The fourth-order valence-corrected chi connectivity index (χ4v) is 3.71. The van der Waals surface area contributed by atoms with Crippen molar-refractivity contribution in [3.05, 3.63) is 75.6 Å². The van der Waals surface area contributed by atoms with Crippen LogP contribution in [0.4, 0.5) is 23.1 Å². The van der Waals surface area contributed by atoms with Gasteiger partial charge in [-0.1, -0.05) is 18.2 Å². The third-order valence-corrected chi connectivity index (χ3v) is 5.35. The average Bonchev–Trinajstić information content (AvgIpc) is 2.87. The molecule has 2 heterocycles. The number of carbonyl (C=O) groups excluding carboxylic acids is 4. The highest BCUT2D eigenvalue weighted by Gasteiger charge is 2.35. The number of carbonyl (C=O) groups is 4. The maximum atomic E-state index is 13.2. The number of rotatable bonds is 6. The topological polar surface area (TPSA) is 169 Å². The molecule has 0 saturated heterocycles. The molecule has 0 spiro atoms. The van der Waals surface area contributed by atoms with E-state index < -0.39 is 35.2 Å². The first-order chi connectivity index (χ1) is 17.3. The van der Waals surface area contributed by atoms with Crippen LogP contribution in [0.3, 0.4) is 0 Å². The lowest BCUT2D eigenvalue weighted by atomic mass is 9.92. The highest BCUT2D eigenvalue weighted by Crippen LogP contribution is 2.30. The standard InChI is InChI=1S/C24H21N5O7/c1-35-22(33)12-8-13(23(34)36-2)10-15(9-12)25-20(31)16-11-17(30)27-19-18(16)21(32)29-24(28-19)26-14-6-4-3-5-7-14/h3-10,16H,11H2,1-2H3,(H,25,31)(H3,26,27,28,29,30,32)/t16-/m1/s1. The van der Waals surface area contributed by atoms with Gasteiger partial charge in [0.05, 0.1) is 36.8 Å². The lowest BCUT2D eigenvalue weighted by Gasteiger charge is -2.24. The Balaban J connectivity index is 1.65. The molecule has 2 amide bonds. The summed E-state index contributed by atoms with van der Waals surface area (Å²) in [5.41, 5.74) is 0.0777. The van der Waals surface area contributed by atoms with E-state index in [1.54, 1.807) is 24.3 Å². The fraction of sp³-hybridized carbons (Fsp3) is 0.167. The minimum atomic E-state index is -1.18. The molecule has 12 heteroatoms. The molecule has 3 aromatic rings. The summed E-state index contributed by atoms with van der Waals surface area (Å²) in [7, 11) is 2.34. The smallest absolute Gasteiger partial charge is 0.337 e. The van der Waals surface area contributed by atoms with Crippen molar-refractivity contribution >= 4 is 46.9 Å². The zero-order chi connectivity index (χ0) is 25.8. The first kappa shape index (κ1) is 24.1. The minimum absolute atomic E-state index is 0.00590. The third kappa shape index (κ3) is 5.06. The molecule has 1 aromatic heterocycles. The predicted molar refractivity (Wildman–Crippen MR) is 128 cm³/mol. The van der Waals surface area contributed by atoms with Crippen molar-refractivity contribution in [2.24, 2.45) is 0 Å². The number of esters is 2. The number of hydrogen-bond acceptors (Lipinski definition) is 9. The van der Waals surface area contributed by atoms with Crippen molar-refractivity contribution in [2.45, 2.75) is 12.3 Å². The lowest BCUT2D eigenvalue weighted by molar-refractivity contribution is -0.123. The lowest BCUT2D eigenvalue weighted by Crippen LogP contribution is -2.36. The highest BCUT2D eigenvalue weighted by atomic mass is 16.5. The minimum Gasteiger partial charge on any atom is -0.465 e. The summed E-state index contributed by atoms with van der Waals surface area (Å²) < 4.78 is 9.39. The van der Waals surface area contributed by atoms with Crippen LogP contribution in [-0.4, -0.2) is 47.9 Å². The molecule has 12 nitrogen and oxygen atoms in total. The predicted octanol–water partition coefficient (Wildman–Crippen LogP) is 2.15. The number of fused-ring (bicyclic) bond motifs is 1. The molecular weight excluding hydrogens is 470 g/mol. The van der Waals surface area contributed by atoms with E-state index >= 15 is 0 Å². The average molecular weight is 491 g/mol. The number of anilines is 4. The Kier molecular flexibility index (Phi) is 6.77. The number of nitrogens with zero attached hydrogens (tertiary/aromatic N) is 1. The number of nitrogens with one attached hydrogen (secondary N) is 4. The van der Waals surface area contributed by atoms with Crippen LogP contribution in [0, 0.1) is 0 Å². The van der Waals surface area contributed by atoms with E-state index in [9.17, 15) is 24.0 Å². The largest absolute Gasteiger partial charge is 0.465 e. The SMILES string of the molecule is COC(=O)c1cc(NC(=O)[C@@H]2CC(=O)Nc3nc(Nc4ccccc4)[nH]c(=O)c32)cc(C(=O)OC)c1. The van der Waals surface area contributed by atoms with Crippen LogP contribution in [0.25, 0.3) is 0 Å². The molecule has 184 valence electrons. The molecule has 1 atom stereocenters. The second-order valence-electron chi connectivity index (χ2n) is 7.74. The highest BCUT2D eigenvalue weighted by molar-refractivity contribution is 6.05. The van der Waals surface area contributed by atoms with Crippen LogP contribution in [0.5, 0.6) is 0 Å². The number of amides is 2. The molecule has 0 saturated carbocycles. The molecule has 0 fully saturated rings. The van der Waals surface area contributed by atoms with Crippen LogP contribution in [0.1, 0.15) is 38.6 Å². The first-order valence-electron chi connectivity index (χ1n) is 10.7. The number of ether oxygens (including phenoxy) is 2. The molecule has 4 N–H and O–H groups in total. The Morgan fingerprint density at radius 3 is 2.19 bits per heavy atom. The Hall–Kier alpha value is -5.00. The summed E-state index contributed by atoms with van der Waals surface area (Å²) >= 11 is 0. The Bertz CT molecular complexity index is 1380. The molecular formula is C24H21N5O7. The molecule has 0 aliphatic carbocycles. The van der Waals surface area contributed by atoms with Gasteiger partial charge in [-0.15, -0.1) is 0 Å². The number of para-hydroxylation sites is 1. The Morgan fingerprint density at radius 1 is 0.944 bits per heavy atom. The molecule has 0 bridgehead atoms. The van der Waals surface area contributed by atoms with Crippen molar-refractivity contribution in [1.82, 2.24) is 9.97 Å².